The fourth-order valence-corrected chi connectivity index (χ4v) is 3.91. The van der Waals surface area contributed by atoms with Gasteiger partial charge in [0.15, 0.2) is 15.0 Å². The zero-order valence-electron chi connectivity index (χ0n) is 14.6. The van der Waals surface area contributed by atoms with Crippen molar-refractivity contribution in [3.63, 3.8) is 0 Å². The Kier molecular flexibility index (Phi) is 4.93. The first-order valence-corrected chi connectivity index (χ1v) is 10.7. The first kappa shape index (κ1) is 18.3. The van der Waals surface area contributed by atoms with Crippen molar-refractivity contribution in [3.8, 4) is 11.3 Å². The molecule has 0 saturated heterocycles. The van der Waals surface area contributed by atoms with Gasteiger partial charge in [0, 0.05) is 22.8 Å². The van der Waals surface area contributed by atoms with E-state index in [1.54, 1.807) is 0 Å². The van der Waals surface area contributed by atoms with Gasteiger partial charge in [-0.2, -0.15) is 0 Å². The highest BCUT2D eigenvalue weighted by atomic mass is 32.2. The first-order valence-electron chi connectivity index (χ1n) is 7.88. The molecule has 26 heavy (non-hydrogen) atoms. The van der Waals surface area contributed by atoms with E-state index in [0.29, 0.717) is 10.7 Å². The smallest absolute Gasteiger partial charge is 0.257 e. The van der Waals surface area contributed by atoms with E-state index in [1.807, 2.05) is 31.4 Å². The summed E-state index contributed by atoms with van der Waals surface area (Å²) in [4.78, 5) is 17.0. The second-order valence-corrected chi connectivity index (χ2v) is 8.98. The van der Waals surface area contributed by atoms with Crippen LogP contribution in [0.4, 0.5) is 5.13 Å². The number of carbonyl (C=O) groups excluding carboxylic acids is 1. The molecular weight excluding hydrogens is 368 g/mol. The molecule has 0 atom stereocenters. The number of anilines is 1. The van der Waals surface area contributed by atoms with Crippen LogP contribution >= 0.6 is 11.3 Å². The minimum Gasteiger partial charge on any atom is -0.298 e. The molecule has 1 heterocycles. The fourth-order valence-electron chi connectivity index (χ4n) is 2.58. The van der Waals surface area contributed by atoms with Gasteiger partial charge in [0.05, 0.1) is 10.6 Å². The molecule has 0 unspecified atom stereocenters. The van der Waals surface area contributed by atoms with E-state index in [1.165, 1.54) is 41.2 Å². The van der Waals surface area contributed by atoms with Gasteiger partial charge in [-0.1, -0.05) is 23.8 Å². The van der Waals surface area contributed by atoms with Gasteiger partial charge < -0.3 is 0 Å². The number of carbonyl (C=O) groups is 1. The number of nitrogens with one attached hydrogen (secondary N) is 1. The van der Waals surface area contributed by atoms with Gasteiger partial charge in [0.2, 0.25) is 0 Å². The summed E-state index contributed by atoms with van der Waals surface area (Å²) in [5, 5.41) is 5.16. The SMILES string of the molecule is Cc1ccc(-c2csc(NC(=O)c3ccc(S(C)(=O)=O)cc3)n2)c(C)c1. The minimum atomic E-state index is -3.28. The predicted octanol–water partition coefficient (Wildman–Crippen LogP) is 4.08. The van der Waals surface area contributed by atoms with Crippen molar-refractivity contribution in [1.82, 2.24) is 4.98 Å². The number of nitrogens with zero attached hydrogens (tertiary/aromatic N) is 1. The van der Waals surface area contributed by atoms with Crippen molar-refractivity contribution in [2.24, 2.45) is 0 Å². The van der Waals surface area contributed by atoms with Crippen LogP contribution in [0.5, 0.6) is 0 Å². The third-order valence-corrected chi connectivity index (χ3v) is 5.81. The molecule has 0 bridgehead atoms. The first-order chi connectivity index (χ1) is 12.2. The lowest BCUT2D eigenvalue weighted by Gasteiger charge is -2.04. The largest absolute Gasteiger partial charge is 0.298 e. The molecule has 1 amide bonds. The fraction of sp³-hybridized carbons (Fsp3) is 0.158. The monoisotopic (exact) mass is 386 g/mol. The maximum Gasteiger partial charge on any atom is 0.257 e. The number of rotatable bonds is 4. The molecule has 5 nitrogen and oxygen atoms in total. The Bertz CT molecular complexity index is 1070. The summed E-state index contributed by atoms with van der Waals surface area (Å²) in [6.07, 6.45) is 1.13. The van der Waals surface area contributed by atoms with Crippen LogP contribution < -0.4 is 5.32 Å². The van der Waals surface area contributed by atoms with Gasteiger partial charge in [0.25, 0.3) is 5.91 Å². The van der Waals surface area contributed by atoms with Crippen LogP contribution in [0.15, 0.2) is 52.7 Å². The van der Waals surface area contributed by atoms with Crippen LogP contribution in [0.3, 0.4) is 0 Å². The number of thiazole rings is 1. The molecule has 3 rings (SSSR count). The van der Waals surface area contributed by atoms with Crippen molar-refractivity contribution in [2.75, 3.05) is 11.6 Å². The van der Waals surface area contributed by atoms with Gasteiger partial charge in [0.1, 0.15) is 0 Å². The summed E-state index contributed by atoms with van der Waals surface area (Å²) < 4.78 is 23.0. The molecule has 2 aromatic carbocycles. The Morgan fingerprint density at radius 3 is 2.38 bits per heavy atom. The van der Waals surface area contributed by atoms with Crippen LogP contribution in [0.1, 0.15) is 21.5 Å². The summed E-state index contributed by atoms with van der Waals surface area (Å²) in [6.45, 7) is 4.07. The number of sulfone groups is 1. The zero-order valence-corrected chi connectivity index (χ0v) is 16.2. The Balaban J connectivity index is 1.77. The van der Waals surface area contributed by atoms with Crippen molar-refractivity contribution < 1.29 is 13.2 Å². The summed E-state index contributed by atoms with van der Waals surface area (Å²) in [6, 6.07) is 12.0. The summed E-state index contributed by atoms with van der Waals surface area (Å²) >= 11 is 1.35. The molecule has 1 N–H and O–H groups in total. The van der Waals surface area contributed by atoms with Gasteiger partial charge >= 0.3 is 0 Å². The lowest BCUT2D eigenvalue weighted by molar-refractivity contribution is 0.102. The Morgan fingerprint density at radius 1 is 1.08 bits per heavy atom. The van der Waals surface area contributed by atoms with Crippen LogP contribution in [0.2, 0.25) is 0 Å². The third-order valence-electron chi connectivity index (χ3n) is 3.93. The number of aromatic nitrogens is 1. The summed E-state index contributed by atoms with van der Waals surface area (Å²) in [5.74, 6) is -0.327. The van der Waals surface area contributed by atoms with E-state index in [4.69, 9.17) is 0 Å². The van der Waals surface area contributed by atoms with Crippen molar-refractivity contribution in [1.29, 1.82) is 0 Å². The molecule has 134 valence electrons. The molecule has 0 aliphatic carbocycles. The summed E-state index contributed by atoms with van der Waals surface area (Å²) in [7, 11) is -3.28. The van der Waals surface area contributed by atoms with Crippen LogP contribution in [-0.4, -0.2) is 25.6 Å². The van der Waals surface area contributed by atoms with E-state index < -0.39 is 9.84 Å². The maximum absolute atomic E-state index is 12.3. The quantitative estimate of drug-likeness (QED) is 0.733. The molecule has 0 radical (unpaired) electrons. The molecular formula is C19H18N2O3S2. The van der Waals surface area contributed by atoms with Gasteiger partial charge in [-0.05, 0) is 43.7 Å². The second-order valence-electron chi connectivity index (χ2n) is 6.11. The molecule has 0 saturated carbocycles. The van der Waals surface area contributed by atoms with Gasteiger partial charge in [-0.25, -0.2) is 13.4 Å². The Hall–Kier alpha value is -2.51. The standard InChI is InChI=1S/C19H18N2O3S2/c1-12-4-9-16(13(2)10-12)17-11-25-19(20-17)21-18(22)14-5-7-15(8-6-14)26(3,23)24/h4-11H,1-3H3,(H,20,21,22). The normalized spacial score (nSPS) is 11.3. The molecule has 1 aromatic heterocycles. The third kappa shape index (κ3) is 4.00. The predicted molar refractivity (Wildman–Crippen MR) is 105 cm³/mol. The molecule has 3 aromatic rings. The maximum atomic E-state index is 12.3. The zero-order chi connectivity index (χ0) is 18.9. The van der Waals surface area contributed by atoms with Crippen molar-refractivity contribution in [2.45, 2.75) is 18.7 Å². The molecule has 0 fully saturated rings. The van der Waals surface area contributed by atoms with E-state index in [9.17, 15) is 13.2 Å². The van der Waals surface area contributed by atoms with Crippen LogP contribution in [0.25, 0.3) is 11.3 Å². The van der Waals surface area contributed by atoms with E-state index in [2.05, 4.69) is 16.4 Å². The summed E-state index contributed by atoms with van der Waals surface area (Å²) in [5.41, 5.74) is 4.54. The van der Waals surface area contributed by atoms with E-state index >= 15 is 0 Å². The van der Waals surface area contributed by atoms with Crippen molar-refractivity contribution in [3.05, 3.63) is 64.5 Å². The molecule has 0 aliphatic heterocycles. The number of amides is 1. The average Bonchev–Trinajstić information content (AvgIpc) is 3.02. The number of hydrogen-bond donors (Lipinski definition) is 1. The topological polar surface area (TPSA) is 76.1 Å². The van der Waals surface area contributed by atoms with Crippen LogP contribution in [0, 0.1) is 13.8 Å². The van der Waals surface area contributed by atoms with Crippen LogP contribution in [-0.2, 0) is 9.84 Å². The highest BCUT2D eigenvalue weighted by molar-refractivity contribution is 7.90. The molecule has 0 aliphatic rings. The molecule has 7 heteroatoms. The van der Waals surface area contributed by atoms with E-state index in [-0.39, 0.29) is 10.8 Å². The Morgan fingerprint density at radius 2 is 1.77 bits per heavy atom. The van der Waals surface area contributed by atoms with Crippen molar-refractivity contribution >= 4 is 32.2 Å². The number of aryl methyl sites for hydroxylation is 2. The van der Waals surface area contributed by atoms with Gasteiger partial charge in [-0.15, -0.1) is 11.3 Å². The highest BCUT2D eigenvalue weighted by Gasteiger charge is 2.13. The number of benzene rings is 2. The molecule has 0 spiro atoms. The highest BCUT2D eigenvalue weighted by Crippen LogP contribution is 2.28. The lowest BCUT2D eigenvalue weighted by atomic mass is 10.0. The van der Waals surface area contributed by atoms with E-state index in [0.717, 1.165) is 23.1 Å². The average molecular weight is 386 g/mol. The second kappa shape index (κ2) is 7.01. The number of hydrogen-bond acceptors (Lipinski definition) is 5. The minimum absolute atomic E-state index is 0.181. The Labute approximate surface area is 156 Å². The van der Waals surface area contributed by atoms with Gasteiger partial charge in [-0.3, -0.25) is 10.1 Å². The lowest BCUT2D eigenvalue weighted by Crippen LogP contribution is -2.12.